The molecule has 0 radical (unpaired) electrons. The van der Waals surface area contributed by atoms with Crippen molar-refractivity contribution in [3.63, 3.8) is 0 Å². The van der Waals surface area contributed by atoms with Crippen molar-refractivity contribution in [1.29, 1.82) is 0 Å². The summed E-state index contributed by atoms with van der Waals surface area (Å²) in [7, 11) is 0. The molecule has 0 saturated carbocycles. The van der Waals surface area contributed by atoms with Gasteiger partial charge in [0.15, 0.2) is 6.29 Å². The Balaban J connectivity index is 2.98. The number of amides is 1. The van der Waals surface area contributed by atoms with Crippen LogP contribution in [0.5, 0.6) is 0 Å². The van der Waals surface area contributed by atoms with E-state index < -0.39 is 0 Å². The molecule has 0 saturated heterocycles. The largest absolute Gasteiger partial charge is 0.325 e. The van der Waals surface area contributed by atoms with Crippen molar-refractivity contribution < 1.29 is 9.59 Å². The van der Waals surface area contributed by atoms with Crippen molar-refractivity contribution in [2.24, 2.45) is 0 Å². The maximum Gasteiger partial charge on any atom is 0.224 e. The lowest BCUT2D eigenvalue weighted by Crippen LogP contribution is -2.11. The molecule has 0 bridgehead atoms. The van der Waals surface area contributed by atoms with Crippen molar-refractivity contribution in [3.8, 4) is 0 Å². The van der Waals surface area contributed by atoms with Gasteiger partial charge >= 0.3 is 0 Å². The number of aldehydes is 1. The Morgan fingerprint density at radius 2 is 2.21 bits per heavy atom. The molecule has 3 heteroatoms. The van der Waals surface area contributed by atoms with Gasteiger partial charge in [-0.2, -0.15) is 0 Å². The highest BCUT2D eigenvalue weighted by Gasteiger charge is 2.04. The number of benzene rings is 1. The molecule has 0 aliphatic carbocycles. The van der Waals surface area contributed by atoms with Gasteiger partial charge in [0.05, 0.1) is 5.69 Å². The number of hydrogen-bond acceptors (Lipinski definition) is 2. The monoisotopic (exact) mass is 191 g/mol. The van der Waals surface area contributed by atoms with Gasteiger partial charge < -0.3 is 5.32 Å². The van der Waals surface area contributed by atoms with Crippen LogP contribution >= 0.6 is 0 Å². The molecular weight excluding hydrogens is 178 g/mol. The van der Waals surface area contributed by atoms with Gasteiger partial charge in [0.25, 0.3) is 0 Å². The molecule has 0 aromatic heterocycles. The highest BCUT2D eigenvalue weighted by atomic mass is 16.1. The molecule has 1 N–H and O–H groups in total. The smallest absolute Gasteiger partial charge is 0.224 e. The fourth-order valence-corrected chi connectivity index (χ4v) is 1.12. The van der Waals surface area contributed by atoms with Crippen molar-refractivity contribution in [2.75, 3.05) is 5.32 Å². The lowest BCUT2D eigenvalue weighted by Gasteiger charge is -2.06. The quantitative estimate of drug-likeness (QED) is 0.744. The van der Waals surface area contributed by atoms with Crippen LogP contribution in [0.3, 0.4) is 0 Å². The Hall–Kier alpha value is -1.64. The van der Waals surface area contributed by atoms with Crippen LogP contribution in [0.4, 0.5) is 5.69 Å². The van der Waals surface area contributed by atoms with Gasteiger partial charge in [-0.15, -0.1) is 0 Å². The average molecular weight is 191 g/mol. The Morgan fingerprint density at radius 3 is 2.79 bits per heavy atom. The molecule has 1 amide bonds. The minimum atomic E-state index is -0.0845. The van der Waals surface area contributed by atoms with Crippen LogP contribution in [0.15, 0.2) is 18.2 Å². The van der Waals surface area contributed by atoms with E-state index in [4.69, 9.17) is 0 Å². The van der Waals surface area contributed by atoms with Gasteiger partial charge in [0.1, 0.15) is 0 Å². The summed E-state index contributed by atoms with van der Waals surface area (Å²) in [6, 6.07) is 5.33. The summed E-state index contributed by atoms with van der Waals surface area (Å²) in [5.74, 6) is -0.0845. The van der Waals surface area contributed by atoms with Gasteiger partial charge in [-0.05, 0) is 24.6 Å². The number of rotatable bonds is 3. The zero-order valence-corrected chi connectivity index (χ0v) is 8.33. The normalized spacial score (nSPS) is 9.57. The second-order valence-corrected chi connectivity index (χ2v) is 3.11. The molecule has 0 heterocycles. The van der Waals surface area contributed by atoms with Crippen LogP contribution in [-0.2, 0) is 4.79 Å². The topological polar surface area (TPSA) is 46.2 Å². The molecule has 14 heavy (non-hydrogen) atoms. The molecule has 1 aromatic carbocycles. The molecule has 0 atom stereocenters. The maximum absolute atomic E-state index is 11.1. The summed E-state index contributed by atoms with van der Waals surface area (Å²) >= 11 is 0. The number of nitrogens with one attached hydrogen (secondary N) is 1. The Labute approximate surface area is 83.1 Å². The highest BCUT2D eigenvalue weighted by molar-refractivity contribution is 5.96. The second kappa shape index (κ2) is 4.56. The second-order valence-electron chi connectivity index (χ2n) is 3.11. The van der Waals surface area contributed by atoms with Gasteiger partial charge in [0.2, 0.25) is 5.91 Å². The van der Waals surface area contributed by atoms with Crippen molar-refractivity contribution >= 4 is 17.9 Å². The first-order valence-corrected chi connectivity index (χ1v) is 4.53. The number of aryl methyl sites for hydroxylation is 1. The predicted octanol–water partition coefficient (Wildman–Crippen LogP) is 2.16. The molecule has 0 aliphatic heterocycles. The number of anilines is 1. The van der Waals surface area contributed by atoms with Gasteiger partial charge in [0, 0.05) is 12.0 Å². The van der Waals surface area contributed by atoms with Gasteiger partial charge in [-0.3, -0.25) is 9.59 Å². The number of carbonyl (C=O) groups excluding carboxylic acids is 2. The summed E-state index contributed by atoms with van der Waals surface area (Å²) in [6.07, 6.45) is 1.15. The third kappa shape index (κ3) is 2.42. The molecule has 0 aliphatic rings. The van der Waals surface area contributed by atoms with Crippen LogP contribution in [0.25, 0.3) is 0 Å². The van der Waals surface area contributed by atoms with Gasteiger partial charge in [-0.25, -0.2) is 0 Å². The third-order valence-corrected chi connectivity index (χ3v) is 1.93. The molecule has 1 aromatic rings. The minimum absolute atomic E-state index is 0.0845. The van der Waals surface area contributed by atoms with Crippen molar-refractivity contribution in [1.82, 2.24) is 0 Å². The lowest BCUT2D eigenvalue weighted by molar-refractivity contribution is -0.115. The van der Waals surface area contributed by atoms with Crippen LogP contribution in [-0.4, -0.2) is 12.2 Å². The minimum Gasteiger partial charge on any atom is -0.325 e. The predicted molar refractivity (Wildman–Crippen MR) is 55.5 cm³/mol. The van der Waals surface area contributed by atoms with Crippen LogP contribution < -0.4 is 5.32 Å². The fraction of sp³-hybridized carbons (Fsp3) is 0.273. The van der Waals surface area contributed by atoms with Crippen molar-refractivity contribution in [3.05, 3.63) is 29.3 Å². The average Bonchev–Trinajstić information content (AvgIpc) is 2.18. The van der Waals surface area contributed by atoms with E-state index in [-0.39, 0.29) is 5.91 Å². The van der Waals surface area contributed by atoms with E-state index in [1.807, 2.05) is 13.0 Å². The van der Waals surface area contributed by atoms with Crippen LogP contribution in [0.1, 0.15) is 29.3 Å². The molecule has 0 unspecified atom stereocenters. The standard InChI is InChI=1S/C11H13NO2/c1-3-11(14)12-10-6-8(2)4-5-9(10)7-13/h4-7H,3H2,1-2H3,(H,12,14). The lowest BCUT2D eigenvalue weighted by atomic mass is 10.1. The Kier molecular flexibility index (Phi) is 3.40. The number of hydrogen-bond donors (Lipinski definition) is 1. The van der Waals surface area contributed by atoms with E-state index in [1.54, 1.807) is 19.1 Å². The Morgan fingerprint density at radius 1 is 1.50 bits per heavy atom. The molecule has 0 fully saturated rings. The highest BCUT2D eigenvalue weighted by Crippen LogP contribution is 2.15. The van der Waals surface area contributed by atoms with E-state index in [9.17, 15) is 9.59 Å². The summed E-state index contributed by atoms with van der Waals surface area (Å²) in [5.41, 5.74) is 2.12. The van der Waals surface area contributed by atoms with E-state index >= 15 is 0 Å². The van der Waals surface area contributed by atoms with E-state index in [0.717, 1.165) is 11.8 Å². The van der Waals surface area contributed by atoms with Crippen LogP contribution in [0.2, 0.25) is 0 Å². The third-order valence-electron chi connectivity index (χ3n) is 1.93. The van der Waals surface area contributed by atoms with Gasteiger partial charge in [-0.1, -0.05) is 13.0 Å². The number of carbonyl (C=O) groups is 2. The van der Waals surface area contributed by atoms with Crippen molar-refractivity contribution in [2.45, 2.75) is 20.3 Å². The van der Waals surface area contributed by atoms with E-state index in [1.165, 1.54) is 0 Å². The first kappa shape index (κ1) is 10.4. The van der Waals surface area contributed by atoms with Crippen LogP contribution in [0, 0.1) is 6.92 Å². The zero-order valence-electron chi connectivity index (χ0n) is 8.33. The first-order valence-electron chi connectivity index (χ1n) is 4.53. The molecule has 3 nitrogen and oxygen atoms in total. The van der Waals surface area contributed by atoms with E-state index in [0.29, 0.717) is 17.7 Å². The van der Waals surface area contributed by atoms with E-state index in [2.05, 4.69) is 5.32 Å². The zero-order chi connectivity index (χ0) is 10.6. The summed E-state index contributed by atoms with van der Waals surface area (Å²) in [4.78, 5) is 21.8. The summed E-state index contributed by atoms with van der Waals surface area (Å²) in [5, 5.41) is 2.68. The summed E-state index contributed by atoms with van der Waals surface area (Å²) in [6.45, 7) is 3.68. The molecule has 74 valence electrons. The summed E-state index contributed by atoms with van der Waals surface area (Å²) < 4.78 is 0. The maximum atomic E-state index is 11.1. The Bertz CT molecular complexity index is 358. The molecular formula is C11H13NO2. The molecule has 1 rings (SSSR count). The first-order chi connectivity index (χ1) is 6.67. The fourth-order valence-electron chi connectivity index (χ4n) is 1.12. The molecule has 0 spiro atoms. The SMILES string of the molecule is CCC(=O)Nc1cc(C)ccc1C=O.